The lowest BCUT2D eigenvalue weighted by Crippen LogP contribution is -2.61. The molecule has 4 heterocycles. The third kappa shape index (κ3) is 5.71. The van der Waals surface area contributed by atoms with Crippen molar-refractivity contribution in [1.82, 2.24) is 0 Å². The minimum Gasteiger partial charge on any atom is -0.468 e. The van der Waals surface area contributed by atoms with Gasteiger partial charge >= 0.3 is 6.71 Å². The summed E-state index contributed by atoms with van der Waals surface area (Å²) in [6, 6.07) is 27.6. The standard InChI is InChI=1S/C51H57BN2O2/c1-30-26-39-43-40(27-30)54(36-22-16-32(17-23-36)49(5,6)7)45-38-29-34(51(11,12)13)19-25-42(38)56-47(45)52(43)46-44(37-28-33(50(8,9)10)18-24-41(37)55-46)53(39)35-20-14-31(15-21-35)48(2,3)4/h14-16,18-22,24-29H,17,23H2,1-13H3. The van der Waals surface area contributed by atoms with Crippen molar-refractivity contribution >= 4 is 73.9 Å². The molecule has 0 saturated heterocycles. The van der Waals surface area contributed by atoms with E-state index in [-0.39, 0.29) is 28.4 Å². The van der Waals surface area contributed by atoms with Crippen molar-refractivity contribution in [2.75, 3.05) is 9.80 Å². The Labute approximate surface area is 334 Å². The van der Waals surface area contributed by atoms with Crippen LogP contribution in [0.15, 0.2) is 105 Å². The average molecular weight is 741 g/mol. The minimum absolute atomic E-state index is 0.0154. The number of furan rings is 2. The molecule has 1 aliphatic carbocycles. The molecular weight excluding hydrogens is 683 g/mol. The molecular formula is C51H57BN2O2. The van der Waals surface area contributed by atoms with E-state index in [9.17, 15) is 0 Å². The highest BCUT2D eigenvalue weighted by Gasteiger charge is 2.50. The summed E-state index contributed by atoms with van der Waals surface area (Å²) < 4.78 is 14.4. The summed E-state index contributed by atoms with van der Waals surface area (Å²) in [5.74, 6) is 0. The van der Waals surface area contributed by atoms with Gasteiger partial charge in [-0.1, -0.05) is 119 Å². The highest BCUT2D eigenvalue weighted by Crippen LogP contribution is 2.50. The molecule has 9 rings (SSSR count). The number of allylic oxidation sites excluding steroid dienone is 4. The SMILES string of the molecule is Cc1cc2c3c(c1)N(c1ccc(C(C)(C)C)cc1)c1c(oc4ccc(C(C)(C)C)cc14)B3c1oc3ccc(C(C)(C)C)cc3c1N2C1=CC=C(C(C)(C)C)CC1. The Morgan fingerprint density at radius 1 is 0.518 bits per heavy atom. The second-order valence-corrected chi connectivity index (χ2v) is 20.8. The molecule has 0 unspecified atom stereocenters. The van der Waals surface area contributed by atoms with E-state index in [0.717, 1.165) is 63.2 Å². The smallest absolute Gasteiger partial charge is 0.342 e. The topological polar surface area (TPSA) is 32.8 Å². The molecule has 4 nitrogen and oxygen atoms in total. The van der Waals surface area contributed by atoms with Gasteiger partial charge in [0, 0.05) is 33.5 Å². The summed E-state index contributed by atoms with van der Waals surface area (Å²) in [7, 11) is 0. The van der Waals surface area contributed by atoms with E-state index in [1.165, 1.54) is 50.4 Å². The van der Waals surface area contributed by atoms with Crippen LogP contribution < -0.4 is 26.6 Å². The van der Waals surface area contributed by atoms with Crippen LogP contribution in [0.3, 0.4) is 0 Å². The first-order chi connectivity index (χ1) is 26.2. The number of aryl methyl sites for hydroxylation is 1. The van der Waals surface area contributed by atoms with Gasteiger partial charge in [0.1, 0.15) is 22.5 Å². The van der Waals surface area contributed by atoms with Crippen LogP contribution >= 0.6 is 0 Å². The first kappa shape index (κ1) is 36.7. The molecule has 2 aromatic heterocycles. The van der Waals surface area contributed by atoms with Gasteiger partial charge in [-0.2, -0.15) is 0 Å². The molecule has 3 aliphatic rings. The van der Waals surface area contributed by atoms with Crippen LogP contribution in [0.4, 0.5) is 28.4 Å². The van der Waals surface area contributed by atoms with Crippen molar-refractivity contribution in [2.24, 2.45) is 5.41 Å². The van der Waals surface area contributed by atoms with Crippen LogP contribution in [-0.4, -0.2) is 6.71 Å². The maximum Gasteiger partial charge on any atom is 0.342 e. The Morgan fingerprint density at radius 2 is 1.00 bits per heavy atom. The van der Waals surface area contributed by atoms with Crippen LogP contribution in [0.2, 0.25) is 0 Å². The first-order valence-corrected chi connectivity index (χ1v) is 20.6. The summed E-state index contributed by atoms with van der Waals surface area (Å²) in [4.78, 5) is 5.04. The number of hydrogen-bond acceptors (Lipinski definition) is 4. The van der Waals surface area contributed by atoms with Crippen molar-refractivity contribution in [3.8, 4) is 0 Å². The van der Waals surface area contributed by atoms with E-state index in [1.54, 1.807) is 0 Å². The van der Waals surface area contributed by atoms with E-state index in [1.807, 2.05) is 0 Å². The molecule has 5 heteroatoms. The molecule has 286 valence electrons. The number of benzene rings is 4. The van der Waals surface area contributed by atoms with E-state index >= 15 is 0 Å². The maximum absolute atomic E-state index is 7.20. The molecule has 0 saturated carbocycles. The van der Waals surface area contributed by atoms with Crippen LogP contribution in [0.5, 0.6) is 0 Å². The second-order valence-electron chi connectivity index (χ2n) is 20.8. The van der Waals surface area contributed by atoms with Gasteiger partial charge in [0.15, 0.2) is 0 Å². The Bertz CT molecular complexity index is 2640. The highest BCUT2D eigenvalue weighted by molar-refractivity contribution is 6.99. The predicted molar refractivity (Wildman–Crippen MR) is 240 cm³/mol. The average Bonchev–Trinajstić information content (AvgIpc) is 3.68. The van der Waals surface area contributed by atoms with Crippen LogP contribution in [-0.2, 0) is 16.2 Å². The Hall–Kier alpha value is -4.90. The van der Waals surface area contributed by atoms with E-state index in [0.29, 0.717) is 0 Å². The third-order valence-corrected chi connectivity index (χ3v) is 12.5. The first-order valence-electron chi connectivity index (χ1n) is 20.6. The van der Waals surface area contributed by atoms with Crippen molar-refractivity contribution in [1.29, 1.82) is 0 Å². The van der Waals surface area contributed by atoms with Crippen molar-refractivity contribution in [2.45, 2.75) is 119 Å². The third-order valence-electron chi connectivity index (χ3n) is 12.5. The van der Waals surface area contributed by atoms with E-state index < -0.39 is 0 Å². The van der Waals surface area contributed by atoms with Crippen molar-refractivity contribution in [3.63, 3.8) is 0 Å². The zero-order valence-electron chi connectivity index (χ0n) is 35.8. The lowest BCUT2D eigenvalue weighted by Gasteiger charge is -2.42. The largest absolute Gasteiger partial charge is 0.468 e. The maximum atomic E-state index is 7.20. The number of anilines is 5. The number of fused-ring (bicyclic) bond motifs is 8. The van der Waals surface area contributed by atoms with E-state index in [4.69, 9.17) is 8.83 Å². The van der Waals surface area contributed by atoms with Crippen LogP contribution in [0.25, 0.3) is 21.9 Å². The number of hydrogen-bond donors (Lipinski definition) is 0. The lowest BCUT2D eigenvalue weighted by atomic mass is 9.37. The van der Waals surface area contributed by atoms with Gasteiger partial charge in [-0.3, -0.25) is 0 Å². The predicted octanol–water partition coefficient (Wildman–Crippen LogP) is 12.8. The van der Waals surface area contributed by atoms with E-state index in [2.05, 4.69) is 185 Å². The molecule has 0 amide bonds. The quantitative estimate of drug-likeness (QED) is 0.165. The summed E-state index contributed by atoms with van der Waals surface area (Å²) in [6.45, 7) is 29.6. The number of rotatable bonds is 2. The molecule has 0 atom stereocenters. The fraction of sp³-hybridized carbons (Fsp3) is 0.373. The zero-order chi connectivity index (χ0) is 39.9. The molecule has 0 radical (unpaired) electrons. The fourth-order valence-electron chi connectivity index (χ4n) is 9.15. The van der Waals surface area contributed by atoms with Gasteiger partial charge in [0.2, 0.25) is 0 Å². The summed E-state index contributed by atoms with van der Waals surface area (Å²) in [5.41, 5.74) is 18.7. The molecule has 2 aliphatic heterocycles. The molecule has 0 spiro atoms. The van der Waals surface area contributed by atoms with Crippen LogP contribution in [0.1, 0.15) is 118 Å². The van der Waals surface area contributed by atoms with Gasteiger partial charge in [-0.25, -0.2) is 0 Å². The van der Waals surface area contributed by atoms with Gasteiger partial charge in [0.25, 0.3) is 0 Å². The molecule has 0 bridgehead atoms. The Morgan fingerprint density at radius 3 is 1.46 bits per heavy atom. The monoisotopic (exact) mass is 740 g/mol. The molecule has 56 heavy (non-hydrogen) atoms. The Kier molecular flexibility index (Phi) is 7.91. The fourth-order valence-corrected chi connectivity index (χ4v) is 9.15. The highest BCUT2D eigenvalue weighted by atomic mass is 16.3. The van der Waals surface area contributed by atoms with Crippen LogP contribution in [0, 0.1) is 12.3 Å². The zero-order valence-corrected chi connectivity index (χ0v) is 35.8. The van der Waals surface area contributed by atoms with Gasteiger partial charge in [-0.05, 0) is 124 Å². The summed E-state index contributed by atoms with van der Waals surface area (Å²) in [6.07, 6.45) is 6.73. The Balaban J connectivity index is 1.39. The normalized spacial score (nSPS) is 15.9. The number of nitrogens with zero attached hydrogens (tertiary/aromatic N) is 2. The lowest BCUT2D eigenvalue weighted by molar-refractivity contribution is 0.479. The molecule has 0 fully saturated rings. The second kappa shape index (κ2) is 12.1. The van der Waals surface area contributed by atoms with Gasteiger partial charge < -0.3 is 18.6 Å². The molecule has 6 aromatic rings. The van der Waals surface area contributed by atoms with Crippen molar-refractivity contribution in [3.05, 3.63) is 118 Å². The molecule has 4 aromatic carbocycles. The van der Waals surface area contributed by atoms with Gasteiger partial charge in [0.05, 0.1) is 11.4 Å². The van der Waals surface area contributed by atoms with Gasteiger partial charge in [-0.15, -0.1) is 0 Å². The van der Waals surface area contributed by atoms with Crippen molar-refractivity contribution < 1.29 is 8.83 Å². The summed E-state index contributed by atoms with van der Waals surface area (Å²) >= 11 is 0. The minimum atomic E-state index is -0.229. The summed E-state index contributed by atoms with van der Waals surface area (Å²) in [5, 5.41) is 2.28. The molecule has 0 N–H and O–H groups in total.